The molecule has 0 aromatic carbocycles. The zero-order valence-corrected chi connectivity index (χ0v) is 13.4. The molecule has 0 saturated heterocycles. The van der Waals surface area contributed by atoms with Gasteiger partial charge >= 0.3 is 0 Å². The van der Waals surface area contributed by atoms with Gasteiger partial charge in [0, 0.05) is 12.1 Å². The summed E-state index contributed by atoms with van der Waals surface area (Å²) in [6.07, 6.45) is 10.8. The predicted octanol–water partition coefficient (Wildman–Crippen LogP) is 2.31. The van der Waals surface area contributed by atoms with Crippen LogP contribution in [0.25, 0.3) is 0 Å². The highest BCUT2D eigenvalue weighted by Gasteiger charge is 2.33. The van der Waals surface area contributed by atoms with E-state index in [1.54, 1.807) is 0 Å². The first-order valence-electron chi connectivity index (χ1n) is 8.69. The molecule has 0 aliphatic heterocycles. The average Bonchev–Trinajstić information content (AvgIpc) is 2.48. The lowest BCUT2D eigenvalue weighted by molar-refractivity contribution is -0.141. The van der Waals surface area contributed by atoms with E-state index in [4.69, 9.17) is 5.73 Å². The van der Waals surface area contributed by atoms with Crippen LogP contribution in [0.3, 0.4) is 0 Å². The number of hydrogen-bond acceptors (Lipinski definition) is 3. The number of hydrogen-bond donors (Lipinski definition) is 1. The van der Waals surface area contributed by atoms with Crippen molar-refractivity contribution in [2.45, 2.75) is 89.1 Å². The molecule has 2 aliphatic carbocycles. The highest BCUT2D eigenvalue weighted by molar-refractivity contribution is 6.05. The van der Waals surface area contributed by atoms with Crippen LogP contribution in [0.2, 0.25) is 0 Å². The van der Waals surface area contributed by atoms with E-state index in [0.29, 0.717) is 0 Å². The third-order valence-corrected chi connectivity index (χ3v) is 4.94. The quantitative estimate of drug-likeness (QED) is 0.765. The fourth-order valence-corrected chi connectivity index (χ4v) is 3.94. The first kappa shape index (κ1) is 17.0. The molecule has 5 heteroatoms. The van der Waals surface area contributed by atoms with E-state index in [1.165, 1.54) is 12.8 Å². The first-order valence-corrected chi connectivity index (χ1v) is 8.69. The molecule has 0 bridgehead atoms. The van der Waals surface area contributed by atoms with Crippen molar-refractivity contribution in [1.82, 2.24) is 4.90 Å². The topological polar surface area (TPSA) is 80.5 Å². The van der Waals surface area contributed by atoms with Crippen molar-refractivity contribution in [2.24, 2.45) is 5.73 Å². The maximum atomic E-state index is 12.7. The molecule has 0 aromatic heterocycles. The summed E-state index contributed by atoms with van der Waals surface area (Å²) in [4.78, 5) is 37.3. The number of carbonyl (C=O) groups is 3. The molecule has 2 saturated carbocycles. The fraction of sp³-hybridized carbons (Fsp3) is 0.824. The van der Waals surface area contributed by atoms with Gasteiger partial charge in [-0.2, -0.15) is 0 Å². The molecule has 2 N–H and O–H groups in total. The summed E-state index contributed by atoms with van der Waals surface area (Å²) in [5.41, 5.74) is 5.05. The van der Waals surface area contributed by atoms with Crippen LogP contribution >= 0.6 is 0 Å². The largest absolute Gasteiger partial charge is 0.369 e. The number of rotatable bonds is 6. The Balaban J connectivity index is 2.03. The van der Waals surface area contributed by atoms with Gasteiger partial charge in [0.1, 0.15) is 0 Å². The molecule has 0 spiro atoms. The van der Waals surface area contributed by atoms with E-state index in [-0.39, 0.29) is 36.6 Å². The summed E-state index contributed by atoms with van der Waals surface area (Å²) >= 11 is 0. The molecule has 124 valence electrons. The zero-order chi connectivity index (χ0) is 15.9. The van der Waals surface area contributed by atoms with E-state index in [0.717, 1.165) is 51.4 Å². The van der Waals surface area contributed by atoms with Crippen LogP contribution in [0.1, 0.15) is 77.0 Å². The molecule has 2 amide bonds. The van der Waals surface area contributed by atoms with Crippen LogP contribution in [0, 0.1) is 0 Å². The normalized spacial score (nSPS) is 20.5. The summed E-state index contributed by atoms with van der Waals surface area (Å²) in [7, 11) is 0. The second-order valence-electron chi connectivity index (χ2n) is 6.74. The molecule has 0 heterocycles. The molecule has 0 radical (unpaired) electrons. The average molecular weight is 308 g/mol. The van der Waals surface area contributed by atoms with Crippen LogP contribution in [0.15, 0.2) is 0 Å². The lowest BCUT2D eigenvalue weighted by atomic mass is 9.88. The van der Waals surface area contributed by atoms with Crippen LogP contribution in [-0.4, -0.2) is 34.6 Å². The Morgan fingerprint density at radius 2 is 1.23 bits per heavy atom. The number of amides is 2. The molecule has 2 fully saturated rings. The number of ketones is 1. The number of carbonyl (C=O) groups excluding carboxylic acids is 3. The molecule has 0 atom stereocenters. The van der Waals surface area contributed by atoms with Gasteiger partial charge in [-0.1, -0.05) is 38.5 Å². The Hall–Kier alpha value is -1.39. The zero-order valence-electron chi connectivity index (χ0n) is 13.4. The van der Waals surface area contributed by atoms with Crippen LogP contribution in [-0.2, 0) is 14.4 Å². The summed E-state index contributed by atoms with van der Waals surface area (Å²) in [5.74, 6) is -1.10. The highest BCUT2D eigenvalue weighted by atomic mass is 16.2. The Bertz CT molecular complexity index is 392. The second kappa shape index (κ2) is 8.30. The maximum absolute atomic E-state index is 12.7. The smallest absolute Gasteiger partial charge is 0.230 e. The number of nitrogens with zero attached hydrogens (tertiary/aromatic N) is 1. The predicted molar refractivity (Wildman–Crippen MR) is 84.0 cm³/mol. The van der Waals surface area contributed by atoms with Crippen molar-refractivity contribution in [2.75, 3.05) is 0 Å². The van der Waals surface area contributed by atoms with Crippen molar-refractivity contribution < 1.29 is 14.4 Å². The lowest BCUT2D eigenvalue weighted by Crippen LogP contribution is -2.49. The molecular formula is C17H28N2O3. The van der Waals surface area contributed by atoms with Crippen LogP contribution < -0.4 is 5.73 Å². The molecule has 22 heavy (non-hydrogen) atoms. The van der Waals surface area contributed by atoms with Crippen molar-refractivity contribution in [1.29, 1.82) is 0 Å². The standard InChI is InChI=1S/C17H28N2O3/c18-16(21)11-15(20)12-17(22)19(13-7-3-1-4-8-13)14-9-5-2-6-10-14/h13-14H,1-12H2,(H2,18,21). The minimum atomic E-state index is -0.653. The Morgan fingerprint density at radius 3 is 1.64 bits per heavy atom. The molecule has 2 aliphatic rings. The van der Waals surface area contributed by atoms with Gasteiger partial charge in [0.15, 0.2) is 5.78 Å². The highest BCUT2D eigenvalue weighted by Crippen LogP contribution is 2.30. The Kier molecular flexibility index (Phi) is 6.40. The monoisotopic (exact) mass is 308 g/mol. The van der Waals surface area contributed by atoms with E-state index in [1.807, 2.05) is 4.90 Å². The van der Waals surface area contributed by atoms with Crippen molar-refractivity contribution in [3.05, 3.63) is 0 Å². The maximum Gasteiger partial charge on any atom is 0.230 e. The molecular weight excluding hydrogens is 280 g/mol. The van der Waals surface area contributed by atoms with Crippen LogP contribution in [0.4, 0.5) is 0 Å². The van der Waals surface area contributed by atoms with Gasteiger partial charge in [0.25, 0.3) is 0 Å². The summed E-state index contributed by atoms with van der Waals surface area (Å²) in [5, 5.41) is 0. The number of nitrogens with two attached hydrogens (primary N) is 1. The molecule has 0 unspecified atom stereocenters. The van der Waals surface area contributed by atoms with E-state index in [2.05, 4.69) is 0 Å². The van der Waals surface area contributed by atoms with Gasteiger partial charge in [-0.15, -0.1) is 0 Å². The van der Waals surface area contributed by atoms with Crippen molar-refractivity contribution in [3.63, 3.8) is 0 Å². The van der Waals surface area contributed by atoms with E-state index in [9.17, 15) is 14.4 Å². The van der Waals surface area contributed by atoms with Gasteiger partial charge in [0.2, 0.25) is 11.8 Å². The minimum absolute atomic E-state index is 0.0925. The summed E-state index contributed by atoms with van der Waals surface area (Å²) < 4.78 is 0. The third-order valence-electron chi connectivity index (χ3n) is 4.94. The van der Waals surface area contributed by atoms with Gasteiger partial charge in [0.05, 0.1) is 12.8 Å². The Labute approximate surface area is 132 Å². The van der Waals surface area contributed by atoms with Crippen molar-refractivity contribution in [3.8, 4) is 0 Å². The second-order valence-corrected chi connectivity index (χ2v) is 6.74. The van der Waals surface area contributed by atoms with Gasteiger partial charge in [-0.05, 0) is 25.7 Å². The van der Waals surface area contributed by atoms with Crippen molar-refractivity contribution >= 4 is 17.6 Å². The lowest BCUT2D eigenvalue weighted by Gasteiger charge is -2.41. The SMILES string of the molecule is NC(=O)CC(=O)CC(=O)N(C1CCCCC1)C1CCCCC1. The minimum Gasteiger partial charge on any atom is -0.369 e. The summed E-state index contributed by atoms with van der Waals surface area (Å²) in [6, 6.07) is 0.566. The fourth-order valence-electron chi connectivity index (χ4n) is 3.94. The van der Waals surface area contributed by atoms with E-state index < -0.39 is 5.91 Å². The molecule has 2 rings (SSSR count). The first-order chi connectivity index (χ1) is 10.6. The number of Topliss-reactive ketones (excluding diaryl/α,β-unsaturated/α-hetero) is 1. The number of primary amides is 1. The Morgan fingerprint density at radius 1 is 0.773 bits per heavy atom. The van der Waals surface area contributed by atoms with Gasteiger partial charge in [-0.3, -0.25) is 14.4 Å². The van der Waals surface area contributed by atoms with E-state index >= 15 is 0 Å². The van der Waals surface area contributed by atoms with Crippen LogP contribution in [0.5, 0.6) is 0 Å². The molecule has 5 nitrogen and oxygen atoms in total. The van der Waals surface area contributed by atoms with Gasteiger partial charge in [-0.25, -0.2) is 0 Å². The van der Waals surface area contributed by atoms with Gasteiger partial charge < -0.3 is 10.6 Å². The molecule has 0 aromatic rings. The summed E-state index contributed by atoms with van der Waals surface area (Å²) in [6.45, 7) is 0. The third kappa shape index (κ3) is 4.82.